The van der Waals surface area contributed by atoms with E-state index in [1.807, 2.05) is 19.9 Å². The number of aromatic amines is 1. The second-order valence-electron chi connectivity index (χ2n) is 5.86. The summed E-state index contributed by atoms with van der Waals surface area (Å²) >= 11 is 0. The lowest BCUT2D eigenvalue weighted by atomic mass is 9.92. The molecule has 2 heterocycles. The van der Waals surface area contributed by atoms with Crippen LogP contribution in [0.1, 0.15) is 37.7 Å². The van der Waals surface area contributed by atoms with Crippen LogP contribution < -0.4 is 5.56 Å². The Labute approximate surface area is 101 Å². The molecule has 0 saturated carbocycles. The molecule has 2 aromatic rings. The number of H-pyrrole nitrogens is 1. The molecular weight excluding hydrogens is 214 g/mol. The van der Waals surface area contributed by atoms with Gasteiger partial charge in [0.1, 0.15) is 5.82 Å². The molecule has 0 saturated heterocycles. The fraction of sp³-hybridized carbons (Fsp3) is 0.538. The van der Waals surface area contributed by atoms with Crippen LogP contribution in [0.2, 0.25) is 0 Å². The number of aryl methyl sites for hydroxylation is 1. The minimum atomic E-state index is -0.00680. The van der Waals surface area contributed by atoms with E-state index in [1.54, 1.807) is 0 Å². The Morgan fingerprint density at radius 3 is 2.59 bits per heavy atom. The molecule has 0 spiro atoms. The minimum Gasteiger partial charge on any atom is -0.276 e. The summed E-state index contributed by atoms with van der Waals surface area (Å²) in [5.74, 6) is 0.861. The number of pyridine rings is 1. The Bertz CT molecular complexity index is 614. The van der Waals surface area contributed by atoms with Crippen molar-refractivity contribution in [2.24, 2.45) is 5.41 Å². The van der Waals surface area contributed by atoms with Crippen molar-refractivity contribution in [3.8, 4) is 0 Å². The Hall–Kier alpha value is -1.58. The van der Waals surface area contributed by atoms with Gasteiger partial charge in [-0.05, 0) is 30.9 Å². The average Bonchev–Trinajstić information content (AvgIpc) is 2.54. The van der Waals surface area contributed by atoms with Crippen LogP contribution in [0.4, 0.5) is 0 Å². The summed E-state index contributed by atoms with van der Waals surface area (Å²) in [6, 6.07) is 1.94. The molecule has 0 atom stereocenters. The fourth-order valence-electron chi connectivity index (χ4n) is 1.87. The molecule has 1 N–H and O–H groups in total. The Morgan fingerprint density at radius 1 is 1.35 bits per heavy atom. The number of nitrogens with zero attached hydrogens (tertiary/aromatic N) is 2. The van der Waals surface area contributed by atoms with Crippen molar-refractivity contribution >= 4 is 5.65 Å². The molecule has 0 fully saturated rings. The first-order valence-electron chi connectivity index (χ1n) is 5.86. The molecule has 2 aromatic heterocycles. The van der Waals surface area contributed by atoms with Crippen LogP contribution in [0, 0.1) is 19.3 Å². The van der Waals surface area contributed by atoms with E-state index in [9.17, 15) is 4.79 Å². The van der Waals surface area contributed by atoms with Gasteiger partial charge in [-0.25, -0.2) is 4.98 Å². The van der Waals surface area contributed by atoms with Crippen molar-refractivity contribution in [3.05, 3.63) is 33.4 Å². The van der Waals surface area contributed by atoms with Crippen molar-refractivity contribution in [2.75, 3.05) is 0 Å². The van der Waals surface area contributed by atoms with Crippen molar-refractivity contribution in [1.29, 1.82) is 0 Å². The van der Waals surface area contributed by atoms with E-state index in [0.717, 1.165) is 23.4 Å². The van der Waals surface area contributed by atoms with Crippen LogP contribution in [0.3, 0.4) is 0 Å². The molecule has 17 heavy (non-hydrogen) atoms. The number of hydrogen-bond acceptors (Lipinski definition) is 2. The molecule has 92 valence electrons. The molecule has 4 heteroatoms. The lowest BCUT2D eigenvalue weighted by molar-refractivity contribution is 0.400. The molecule has 0 radical (unpaired) electrons. The van der Waals surface area contributed by atoms with Crippen molar-refractivity contribution in [1.82, 2.24) is 14.6 Å². The van der Waals surface area contributed by atoms with Gasteiger partial charge >= 0.3 is 0 Å². The van der Waals surface area contributed by atoms with Crippen LogP contribution in [0.25, 0.3) is 5.65 Å². The maximum atomic E-state index is 12.0. The topological polar surface area (TPSA) is 50.2 Å². The molecule has 0 aliphatic rings. The maximum Gasteiger partial charge on any atom is 0.274 e. The quantitative estimate of drug-likeness (QED) is 0.821. The first-order chi connectivity index (χ1) is 7.78. The monoisotopic (exact) mass is 233 g/mol. The predicted octanol–water partition coefficient (Wildman–Crippen LogP) is 2.23. The standard InChI is InChI=1S/C13H19N3O/c1-8-6-11-14-10(7-13(3,4)5)15-16(11)12(17)9(8)2/h6H,7H2,1-5H3,(H,14,15). The fourth-order valence-corrected chi connectivity index (χ4v) is 1.87. The lowest BCUT2D eigenvalue weighted by Crippen LogP contribution is -2.18. The second kappa shape index (κ2) is 3.72. The maximum absolute atomic E-state index is 12.0. The third-order valence-corrected chi connectivity index (χ3v) is 2.88. The first-order valence-corrected chi connectivity index (χ1v) is 5.86. The largest absolute Gasteiger partial charge is 0.276 e. The Balaban J connectivity index is 2.59. The summed E-state index contributed by atoms with van der Waals surface area (Å²) in [5, 5.41) is 3.08. The van der Waals surface area contributed by atoms with Crippen molar-refractivity contribution in [3.63, 3.8) is 0 Å². The zero-order valence-corrected chi connectivity index (χ0v) is 11.1. The Morgan fingerprint density at radius 2 is 2.00 bits per heavy atom. The van der Waals surface area contributed by atoms with E-state index in [2.05, 4.69) is 30.9 Å². The van der Waals surface area contributed by atoms with Gasteiger partial charge < -0.3 is 0 Å². The first kappa shape index (κ1) is 11.9. The van der Waals surface area contributed by atoms with E-state index >= 15 is 0 Å². The molecule has 2 rings (SSSR count). The number of nitrogens with one attached hydrogen (secondary N) is 1. The highest BCUT2D eigenvalue weighted by molar-refractivity contribution is 5.43. The second-order valence-corrected chi connectivity index (χ2v) is 5.86. The lowest BCUT2D eigenvalue weighted by Gasteiger charge is -2.15. The molecule has 0 amide bonds. The zero-order valence-electron chi connectivity index (χ0n) is 11.1. The van der Waals surface area contributed by atoms with E-state index in [4.69, 9.17) is 0 Å². The van der Waals surface area contributed by atoms with Gasteiger partial charge in [-0.1, -0.05) is 20.8 Å². The van der Waals surface area contributed by atoms with Crippen molar-refractivity contribution in [2.45, 2.75) is 41.0 Å². The summed E-state index contributed by atoms with van der Waals surface area (Å²) in [6.45, 7) is 10.2. The third kappa shape index (κ3) is 2.25. The molecule has 0 unspecified atom stereocenters. The van der Waals surface area contributed by atoms with Gasteiger partial charge in [0.15, 0.2) is 5.65 Å². The van der Waals surface area contributed by atoms with Crippen LogP contribution in [-0.2, 0) is 6.42 Å². The van der Waals surface area contributed by atoms with E-state index in [0.29, 0.717) is 5.65 Å². The van der Waals surface area contributed by atoms with Crippen molar-refractivity contribution < 1.29 is 0 Å². The van der Waals surface area contributed by atoms with Gasteiger partial charge in [0, 0.05) is 12.0 Å². The summed E-state index contributed by atoms with van der Waals surface area (Å²) in [7, 11) is 0. The van der Waals surface area contributed by atoms with E-state index in [-0.39, 0.29) is 11.0 Å². The number of aromatic nitrogens is 3. The van der Waals surface area contributed by atoms with Gasteiger partial charge in [0.25, 0.3) is 5.56 Å². The SMILES string of the molecule is Cc1cc2nc(CC(C)(C)C)[nH]n2c(=O)c1C. The summed E-state index contributed by atoms with van der Waals surface area (Å²) in [5.41, 5.74) is 2.61. The van der Waals surface area contributed by atoms with Gasteiger partial charge in [0.2, 0.25) is 0 Å². The predicted molar refractivity (Wildman–Crippen MR) is 68.4 cm³/mol. The molecule has 0 aromatic carbocycles. The number of hydrogen-bond donors (Lipinski definition) is 1. The zero-order chi connectivity index (χ0) is 12.8. The third-order valence-electron chi connectivity index (χ3n) is 2.88. The number of rotatable bonds is 1. The van der Waals surface area contributed by atoms with Gasteiger partial charge in [-0.2, -0.15) is 4.52 Å². The van der Waals surface area contributed by atoms with Crippen LogP contribution >= 0.6 is 0 Å². The molecule has 0 bridgehead atoms. The van der Waals surface area contributed by atoms with Crippen LogP contribution in [0.5, 0.6) is 0 Å². The molecule has 0 aliphatic carbocycles. The minimum absolute atomic E-state index is 0.00680. The number of fused-ring (bicyclic) bond motifs is 1. The summed E-state index contributed by atoms with van der Waals surface area (Å²) in [4.78, 5) is 16.5. The normalized spacial score (nSPS) is 12.3. The highest BCUT2D eigenvalue weighted by Crippen LogP contribution is 2.18. The smallest absolute Gasteiger partial charge is 0.274 e. The summed E-state index contributed by atoms with van der Waals surface area (Å²) < 4.78 is 1.53. The van der Waals surface area contributed by atoms with Gasteiger partial charge in [-0.3, -0.25) is 9.89 Å². The van der Waals surface area contributed by atoms with Crippen LogP contribution in [-0.4, -0.2) is 14.6 Å². The molecule has 0 aliphatic heterocycles. The van der Waals surface area contributed by atoms with Gasteiger partial charge in [-0.15, -0.1) is 0 Å². The Kier molecular flexibility index (Phi) is 2.60. The van der Waals surface area contributed by atoms with E-state index in [1.165, 1.54) is 4.52 Å². The molecule has 4 nitrogen and oxygen atoms in total. The van der Waals surface area contributed by atoms with E-state index < -0.39 is 0 Å². The van der Waals surface area contributed by atoms with Crippen LogP contribution in [0.15, 0.2) is 10.9 Å². The molecular formula is C13H19N3O. The highest BCUT2D eigenvalue weighted by atomic mass is 16.1. The highest BCUT2D eigenvalue weighted by Gasteiger charge is 2.15. The average molecular weight is 233 g/mol. The van der Waals surface area contributed by atoms with Gasteiger partial charge in [0.05, 0.1) is 0 Å². The summed E-state index contributed by atoms with van der Waals surface area (Å²) in [6.07, 6.45) is 0.826.